The summed E-state index contributed by atoms with van der Waals surface area (Å²) in [5.41, 5.74) is 4.44. The topological polar surface area (TPSA) is 89.7 Å². The number of ether oxygens (including phenoxy) is 2. The van der Waals surface area contributed by atoms with Gasteiger partial charge in [-0.25, -0.2) is 4.79 Å². The molecule has 0 bridgehead atoms. The minimum absolute atomic E-state index is 0.172. The average molecular weight is 463 g/mol. The van der Waals surface area contributed by atoms with Gasteiger partial charge in [0.25, 0.3) is 5.89 Å². The molecule has 2 amide bonds. The molecule has 0 spiro atoms. The second kappa shape index (κ2) is 10.5. The molecular formula is C26H30N4O4. The Morgan fingerprint density at radius 3 is 2.65 bits per heavy atom. The van der Waals surface area contributed by atoms with Crippen LogP contribution >= 0.6 is 0 Å². The van der Waals surface area contributed by atoms with Crippen molar-refractivity contribution in [2.45, 2.75) is 33.2 Å². The van der Waals surface area contributed by atoms with E-state index in [2.05, 4.69) is 10.5 Å². The van der Waals surface area contributed by atoms with Gasteiger partial charge in [0.05, 0.1) is 18.2 Å². The van der Waals surface area contributed by atoms with Crippen molar-refractivity contribution in [3.8, 4) is 17.1 Å². The minimum Gasteiger partial charge on any atom is -0.494 e. The maximum absolute atomic E-state index is 13.0. The zero-order valence-corrected chi connectivity index (χ0v) is 20.0. The van der Waals surface area contributed by atoms with Crippen LogP contribution in [0, 0.1) is 6.92 Å². The molecule has 4 rings (SSSR count). The van der Waals surface area contributed by atoms with Crippen LogP contribution in [0.1, 0.15) is 43.3 Å². The first-order chi connectivity index (χ1) is 16.5. The van der Waals surface area contributed by atoms with Gasteiger partial charge in [-0.05, 0) is 51.0 Å². The lowest BCUT2D eigenvalue weighted by molar-refractivity contribution is 0.174. The molecule has 1 unspecified atom stereocenters. The Kier molecular flexibility index (Phi) is 7.27. The molecule has 1 aromatic heterocycles. The van der Waals surface area contributed by atoms with E-state index in [1.165, 1.54) is 0 Å². The monoisotopic (exact) mass is 462 g/mol. The summed E-state index contributed by atoms with van der Waals surface area (Å²) >= 11 is 0. The highest BCUT2D eigenvalue weighted by molar-refractivity contribution is 5.86. The summed E-state index contributed by atoms with van der Waals surface area (Å²) < 4.78 is 16.5. The lowest BCUT2D eigenvalue weighted by Crippen LogP contribution is -2.46. The largest absolute Gasteiger partial charge is 0.494 e. The van der Waals surface area contributed by atoms with E-state index in [4.69, 9.17) is 19.0 Å². The van der Waals surface area contributed by atoms with Crippen molar-refractivity contribution in [3.05, 3.63) is 71.2 Å². The van der Waals surface area contributed by atoms with Crippen molar-refractivity contribution >= 4 is 11.6 Å². The van der Waals surface area contributed by atoms with Crippen molar-refractivity contribution in [1.29, 1.82) is 0 Å². The first-order valence-electron chi connectivity index (χ1n) is 11.4. The van der Waals surface area contributed by atoms with Gasteiger partial charge in [0.2, 0.25) is 5.82 Å². The molecule has 1 N–H and O–H groups in total. The molecule has 8 heteroatoms. The number of urea groups is 1. The first-order valence-corrected chi connectivity index (χ1v) is 11.4. The number of methoxy groups -OCH3 is 1. The predicted molar refractivity (Wildman–Crippen MR) is 129 cm³/mol. The molecule has 0 saturated heterocycles. The highest BCUT2D eigenvalue weighted by Gasteiger charge is 2.35. The summed E-state index contributed by atoms with van der Waals surface area (Å²) in [5, 5.41) is 7.35. The van der Waals surface area contributed by atoms with Crippen molar-refractivity contribution in [1.82, 2.24) is 20.4 Å². The van der Waals surface area contributed by atoms with Crippen LogP contribution in [0.25, 0.3) is 17.0 Å². The number of rotatable bonds is 9. The average Bonchev–Trinajstić information content (AvgIpc) is 3.31. The van der Waals surface area contributed by atoms with Crippen LogP contribution in [0.15, 0.2) is 58.8 Å². The molecular weight excluding hydrogens is 432 g/mol. The standard InChI is InChI=1S/C26H30N4O4/c1-5-33-21-12-10-19(11-13-21)23-22(18(3)30(26(31)27-23)14-7-15-32-4)25-28-24(29-34-25)20-9-6-8-17(2)16-20/h6,8-13,16,23H,5,7,14-15H2,1-4H3,(H,27,31). The van der Waals surface area contributed by atoms with Gasteiger partial charge in [0, 0.05) is 31.5 Å². The lowest BCUT2D eigenvalue weighted by Gasteiger charge is -2.35. The Bertz CT molecular complexity index is 1170. The number of nitrogens with zero attached hydrogens (tertiary/aromatic N) is 3. The highest BCUT2D eigenvalue weighted by atomic mass is 16.5. The molecule has 2 heterocycles. The Labute approximate surface area is 199 Å². The van der Waals surface area contributed by atoms with Crippen LogP contribution in [-0.4, -0.2) is 47.9 Å². The maximum atomic E-state index is 13.0. The molecule has 0 aliphatic carbocycles. The van der Waals surface area contributed by atoms with Crippen molar-refractivity contribution in [3.63, 3.8) is 0 Å². The summed E-state index contributed by atoms with van der Waals surface area (Å²) in [5.74, 6) is 1.66. The van der Waals surface area contributed by atoms with Crippen molar-refractivity contribution in [2.75, 3.05) is 26.9 Å². The molecule has 1 atom stereocenters. The normalized spacial score (nSPS) is 16.1. The quantitative estimate of drug-likeness (QED) is 0.451. The van der Waals surface area contributed by atoms with Crippen LogP contribution in [-0.2, 0) is 4.74 Å². The fourth-order valence-corrected chi connectivity index (χ4v) is 4.10. The molecule has 1 aliphatic heterocycles. The lowest BCUT2D eigenvalue weighted by atomic mass is 9.94. The van der Waals surface area contributed by atoms with Crippen LogP contribution in [0.3, 0.4) is 0 Å². The third-order valence-electron chi connectivity index (χ3n) is 5.78. The smallest absolute Gasteiger partial charge is 0.322 e. The van der Waals surface area contributed by atoms with Crippen LogP contribution in [0.4, 0.5) is 4.79 Å². The molecule has 0 fully saturated rings. The zero-order valence-electron chi connectivity index (χ0n) is 20.0. The van der Waals surface area contributed by atoms with E-state index < -0.39 is 6.04 Å². The molecule has 8 nitrogen and oxygen atoms in total. The van der Waals surface area contributed by atoms with Gasteiger partial charge >= 0.3 is 6.03 Å². The number of carbonyl (C=O) groups excluding carboxylic acids is 1. The summed E-state index contributed by atoms with van der Waals surface area (Å²) in [6.07, 6.45) is 0.709. The van der Waals surface area contributed by atoms with E-state index in [0.29, 0.717) is 37.9 Å². The van der Waals surface area contributed by atoms with Crippen LogP contribution in [0.2, 0.25) is 0 Å². The zero-order chi connectivity index (χ0) is 24.1. The van der Waals surface area contributed by atoms with Crippen LogP contribution in [0.5, 0.6) is 5.75 Å². The number of benzene rings is 2. The SMILES string of the molecule is CCOc1ccc(C2NC(=O)N(CCCOC)C(C)=C2c2nc(-c3cccc(C)c3)no2)cc1. The van der Waals surface area contributed by atoms with Gasteiger partial charge in [0.1, 0.15) is 5.75 Å². The van der Waals surface area contributed by atoms with E-state index in [-0.39, 0.29) is 6.03 Å². The van der Waals surface area contributed by atoms with E-state index in [9.17, 15) is 4.79 Å². The fourth-order valence-electron chi connectivity index (χ4n) is 4.10. The minimum atomic E-state index is -0.437. The molecule has 2 aromatic carbocycles. The number of hydrogen-bond donors (Lipinski definition) is 1. The van der Waals surface area contributed by atoms with E-state index in [0.717, 1.165) is 33.7 Å². The summed E-state index contributed by atoms with van der Waals surface area (Å²) in [4.78, 5) is 19.5. The maximum Gasteiger partial charge on any atom is 0.322 e. The van der Waals surface area contributed by atoms with Gasteiger partial charge in [-0.3, -0.25) is 4.90 Å². The molecule has 1 aliphatic rings. The number of amides is 2. The summed E-state index contributed by atoms with van der Waals surface area (Å²) in [7, 11) is 1.65. The number of aryl methyl sites for hydroxylation is 1. The number of carbonyl (C=O) groups is 1. The van der Waals surface area contributed by atoms with Gasteiger partial charge < -0.3 is 19.3 Å². The number of aromatic nitrogens is 2. The highest BCUT2D eigenvalue weighted by Crippen LogP contribution is 2.37. The molecule has 178 valence electrons. The Morgan fingerprint density at radius 2 is 1.94 bits per heavy atom. The van der Waals surface area contributed by atoms with Gasteiger partial charge in [-0.1, -0.05) is 41.1 Å². The Morgan fingerprint density at radius 1 is 1.15 bits per heavy atom. The van der Waals surface area contributed by atoms with Crippen LogP contribution < -0.4 is 10.1 Å². The third kappa shape index (κ3) is 4.97. The molecule has 3 aromatic rings. The Hall–Kier alpha value is -3.65. The fraction of sp³-hybridized carbons (Fsp3) is 0.346. The second-order valence-electron chi connectivity index (χ2n) is 8.17. The predicted octanol–water partition coefficient (Wildman–Crippen LogP) is 4.98. The summed E-state index contributed by atoms with van der Waals surface area (Å²) in [6, 6.07) is 15.0. The van der Waals surface area contributed by atoms with Gasteiger partial charge in [-0.2, -0.15) is 4.98 Å². The van der Waals surface area contributed by atoms with E-state index in [1.807, 2.05) is 69.3 Å². The van der Waals surface area contributed by atoms with Gasteiger partial charge in [0.15, 0.2) is 0 Å². The second-order valence-corrected chi connectivity index (χ2v) is 8.17. The van der Waals surface area contributed by atoms with E-state index in [1.54, 1.807) is 12.0 Å². The molecule has 0 radical (unpaired) electrons. The molecule has 34 heavy (non-hydrogen) atoms. The van der Waals surface area contributed by atoms with Gasteiger partial charge in [-0.15, -0.1) is 0 Å². The molecule has 0 saturated carbocycles. The van der Waals surface area contributed by atoms with E-state index >= 15 is 0 Å². The van der Waals surface area contributed by atoms with Crippen molar-refractivity contribution < 1.29 is 18.8 Å². The number of allylic oxidation sites excluding steroid dienone is 1. The first kappa shape index (κ1) is 23.5. The third-order valence-corrected chi connectivity index (χ3v) is 5.78. The Balaban J connectivity index is 1.75. The number of hydrogen-bond acceptors (Lipinski definition) is 6. The summed E-state index contributed by atoms with van der Waals surface area (Å²) in [6.45, 7) is 7.55. The van der Waals surface area contributed by atoms with Crippen molar-refractivity contribution in [2.24, 2.45) is 0 Å². The number of nitrogens with one attached hydrogen (secondary N) is 1.